The third-order valence-corrected chi connectivity index (χ3v) is 5.73. The molecule has 2 amide bonds. The van der Waals surface area contributed by atoms with Crippen LogP contribution < -0.4 is 5.32 Å². The van der Waals surface area contributed by atoms with E-state index < -0.39 is 17.7 Å². The maximum Gasteiger partial charge on any atom is 0.416 e. The summed E-state index contributed by atoms with van der Waals surface area (Å²) in [7, 11) is 0. The van der Waals surface area contributed by atoms with Gasteiger partial charge in [0.15, 0.2) is 0 Å². The number of rotatable bonds is 8. The van der Waals surface area contributed by atoms with Gasteiger partial charge in [-0.3, -0.25) is 9.59 Å². The molecule has 0 radical (unpaired) electrons. The molecule has 0 bridgehead atoms. The summed E-state index contributed by atoms with van der Waals surface area (Å²) in [6.07, 6.45) is -1.96. The lowest BCUT2D eigenvalue weighted by Crippen LogP contribution is -2.28. The van der Waals surface area contributed by atoms with Gasteiger partial charge in [0.2, 0.25) is 11.8 Å². The second-order valence-corrected chi connectivity index (χ2v) is 8.52. The van der Waals surface area contributed by atoms with E-state index >= 15 is 0 Å². The first kappa shape index (κ1) is 22.3. The molecule has 2 fully saturated rings. The standard InChI is InChI=1S/C24H25F3N2O3/c25-24(26,27)20-5-1-3-17(9-20)12-29-13-19(11-22(29)30)23(31)28-21-6-2-4-18(10-21)15-32-14-16-7-8-16/h1-6,9-10,16,19H,7-8,11-15H2,(H,28,31). The number of likely N-dealkylation sites (tertiary alicyclic amines) is 1. The molecular weight excluding hydrogens is 421 g/mol. The Morgan fingerprint density at radius 2 is 1.84 bits per heavy atom. The lowest BCUT2D eigenvalue weighted by atomic mass is 10.1. The number of amides is 2. The summed E-state index contributed by atoms with van der Waals surface area (Å²) >= 11 is 0. The van der Waals surface area contributed by atoms with Crippen molar-refractivity contribution < 1.29 is 27.5 Å². The first-order valence-corrected chi connectivity index (χ1v) is 10.7. The van der Waals surface area contributed by atoms with Crippen molar-refractivity contribution in [3.05, 3.63) is 65.2 Å². The van der Waals surface area contributed by atoms with Crippen LogP contribution in [-0.4, -0.2) is 29.9 Å². The molecule has 5 nitrogen and oxygen atoms in total. The smallest absolute Gasteiger partial charge is 0.376 e. The minimum absolute atomic E-state index is 0.0367. The van der Waals surface area contributed by atoms with Crippen LogP contribution in [0, 0.1) is 11.8 Å². The van der Waals surface area contributed by atoms with Crippen molar-refractivity contribution in [2.24, 2.45) is 11.8 Å². The molecular formula is C24H25F3N2O3. The van der Waals surface area contributed by atoms with Gasteiger partial charge in [-0.15, -0.1) is 0 Å². The van der Waals surface area contributed by atoms with Crippen LogP contribution in [0.2, 0.25) is 0 Å². The van der Waals surface area contributed by atoms with E-state index in [0.717, 1.165) is 24.3 Å². The molecule has 1 heterocycles. The Balaban J connectivity index is 1.32. The second-order valence-electron chi connectivity index (χ2n) is 8.52. The third kappa shape index (κ3) is 5.88. The molecule has 2 aliphatic rings. The average molecular weight is 446 g/mol. The summed E-state index contributed by atoms with van der Waals surface area (Å²) in [5, 5.41) is 2.85. The first-order chi connectivity index (χ1) is 15.3. The van der Waals surface area contributed by atoms with Crippen LogP contribution in [0.5, 0.6) is 0 Å². The van der Waals surface area contributed by atoms with Gasteiger partial charge >= 0.3 is 6.18 Å². The topological polar surface area (TPSA) is 58.6 Å². The van der Waals surface area contributed by atoms with Gasteiger partial charge in [-0.05, 0) is 54.2 Å². The lowest BCUT2D eigenvalue weighted by molar-refractivity contribution is -0.137. The monoisotopic (exact) mass is 446 g/mol. The van der Waals surface area contributed by atoms with E-state index in [4.69, 9.17) is 4.74 Å². The number of ether oxygens (including phenoxy) is 1. The Kier molecular flexibility index (Phi) is 6.50. The Hall–Kier alpha value is -2.87. The summed E-state index contributed by atoms with van der Waals surface area (Å²) in [5.74, 6) is -0.398. The zero-order valence-electron chi connectivity index (χ0n) is 17.5. The van der Waals surface area contributed by atoms with Gasteiger partial charge in [0.25, 0.3) is 0 Å². The second kappa shape index (κ2) is 9.32. The number of hydrogen-bond donors (Lipinski definition) is 1. The SMILES string of the molecule is O=C(Nc1cccc(COCC2CC2)c1)C1CC(=O)N(Cc2cccc(C(F)(F)F)c2)C1. The van der Waals surface area contributed by atoms with Gasteiger partial charge in [0.1, 0.15) is 0 Å². The van der Waals surface area contributed by atoms with Gasteiger partial charge in [-0.1, -0.05) is 24.3 Å². The van der Waals surface area contributed by atoms with E-state index in [0.29, 0.717) is 23.8 Å². The molecule has 0 spiro atoms. The number of carbonyl (C=O) groups is 2. The number of halogens is 3. The predicted octanol–water partition coefficient (Wildman–Crippen LogP) is 4.62. The molecule has 1 aliphatic carbocycles. The van der Waals surface area contributed by atoms with E-state index in [2.05, 4.69) is 5.32 Å². The number of alkyl halides is 3. The Morgan fingerprint density at radius 3 is 2.59 bits per heavy atom. The predicted molar refractivity (Wildman–Crippen MR) is 112 cm³/mol. The van der Waals surface area contributed by atoms with Crippen molar-refractivity contribution >= 4 is 17.5 Å². The number of nitrogens with zero attached hydrogens (tertiary/aromatic N) is 1. The largest absolute Gasteiger partial charge is 0.416 e. The van der Waals surface area contributed by atoms with Crippen LogP contribution >= 0.6 is 0 Å². The van der Waals surface area contributed by atoms with Crippen molar-refractivity contribution in [3.8, 4) is 0 Å². The molecule has 1 N–H and O–H groups in total. The average Bonchev–Trinajstić information content (AvgIpc) is 3.50. The maximum atomic E-state index is 12.9. The highest BCUT2D eigenvalue weighted by Gasteiger charge is 2.35. The molecule has 1 saturated heterocycles. The van der Waals surface area contributed by atoms with E-state index in [1.807, 2.05) is 18.2 Å². The zero-order valence-corrected chi connectivity index (χ0v) is 17.5. The normalized spacial score (nSPS) is 18.8. The van der Waals surface area contributed by atoms with Crippen molar-refractivity contribution in [1.29, 1.82) is 0 Å². The molecule has 1 atom stereocenters. The van der Waals surface area contributed by atoms with Crippen molar-refractivity contribution in [3.63, 3.8) is 0 Å². The highest BCUT2D eigenvalue weighted by molar-refractivity contribution is 5.97. The summed E-state index contributed by atoms with van der Waals surface area (Å²) in [6, 6.07) is 12.3. The van der Waals surface area contributed by atoms with Crippen molar-refractivity contribution in [2.75, 3.05) is 18.5 Å². The highest BCUT2D eigenvalue weighted by atomic mass is 19.4. The lowest BCUT2D eigenvalue weighted by Gasteiger charge is -2.18. The van der Waals surface area contributed by atoms with Crippen LogP contribution in [0.15, 0.2) is 48.5 Å². The van der Waals surface area contributed by atoms with E-state index in [9.17, 15) is 22.8 Å². The van der Waals surface area contributed by atoms with Gasteiger partial charge in [-0.25, -0.2) is 0 Å². The van der Waals surface area contributed by atoms with Crippen LogP contribution in [-0.2, 0) is 33.7 Å². The van der Waals surface area contributed by atoms with Crippen molar-refractivity contribution in [2.45, 2.75) is 38.6 Å². The fourth-order valence-electron chi connectivity index (χ4n) is 3.78. The molecule has 4 rings (SSSR count). The van der Waals surface area contributed by atoms with Gasteiger partial charge < -0.3 is 15.0 Å². The van der Waals surface area contributed by atoms with Crippen LogP contribution in [0.1, 0.15) is 36.0 Å². The van der Waals surface area contributed by atoms with Crippen LogP contribution in [0.3, 0.4) is 0 Å². The van der Waals surface area contributed by atoms with Crippen molar-refractivity contribution in [1.82, 2.24) is 4.90 Å². The minimum Gasteiger partial charge on any atom is -0.376 e. The summed E-state index contributed by atoms with van der Waals surface area (Å²) < 4.78 is 44.5. The molecule has 170 valence electrons. The number of anilines is 1. The molecule has 32 heavy (non-hydrogen) atoms. The van der Waals surface area contributed by atoms with E-state index in [1.54, 1.807) is 12.1 Å². The maximum absolute atomic E-state index is 12.9. The number of hydrogen-bond acceptors (Lipinski definition) is 3. The number of carbonyl (C=O) groups excluding carboxylic acids is 2. The van der Waals surface area contributed by atoms with E-state index in [1.165, 1.54) is 23.8 Å². The zero-order chi connectivity index (χ0) is 22.7. The first-order valence-electron chi connectivity index (χ1n) is 10.7. The highest BCUT2D eigenvalue weighted by Crippen LogP contribution is 2.31. The number of benzene rings is 2. The Bertz CT molecular complexity index is 988. The molecule has 0 aromatic heterocycles. The molecule has 1 saturated carbocycles. The Labute approximate surface area is 184 Å². The van der Waals surface area contributed by atoms with Gasteiger partial charge in [-0.2, -0.15) is 13.2 Å². The van der Waals surface area contributed by atoms with E-state index in [-0.39, 0.29) is 31.3 Å². The molecule has 1 aliphatic heterocycles. The summed E-state index contributed by atoms with van der Waals surface area (Å²) in [5.41, 5.74) is 1.22. The third-order valence-electron chi connectivity index (χ3n) is 5.73. The quantitative estimate of drug-likeness (QED) is 0.644. The summed E-state index contributed by atoms with van der Waals surface area (Å²) in [4.78, 5) is 26.5. The van der Waals surface area contributed by atoms with Gasteiger partial charge in [0, 0.05) is 31.8 Å². The molecule has 8 heteroatoms. The van der Waals surface area contributed by atoms with Crippen LogP contribution in [0.25, 0.3) is 0 Å². The minimum atomic E-state index is -4.44. The molecule has 1 unspecified atom stereocenters. The molecule has 2 aromatic rings. The summed E-state index contributed by atoms with van der Waals surface area (Å²) in [6.45, 7) is 1.45. The fourth-order valence-corrected chi connectivity index (χ4v) is 3.78. The number of nitrogens with one attached hydrogen (secondary N) is 1. The Morgan fingerprint density at radius 1 is 1.09 bits per heavy atom. The fraction of sp³-hybridized carbons (Fsp3) is 0.417. The van der Waals surface area contributed by atoms with Crippen LogP contribution in [0.4, 0.5) is 18.9 Å². The molecule has 2 aromatic carbocycles. The van der Waals surface area contributed by atoms with Gasteiger partial charge in [0.05, 0.1) is 18.1 Å².